The molecular formula is C25H31N3O4. The van der Waals surface area contributed by atoms with Crippen LogP contribution in [0.2, 0.25) is 0 Å². The number of nitrogens with one attached hydrogen (secondary N) is 1. The smallest absolute Gasteiger partial charge is 0.325 e. The van der Waals surface area contributed by atoms with Crippen LogP contribution in [0, 0.1) is 13.8 Å². The highest BCUT2D eigenvalue weighted by Gasteiger charge is 2.13. The normalized spacial score (nSPS) is 10.8. The van der Waals surface area contributed by atoms with Gasteiger partial charge in [0.05, 0.1) is 18.1 Å². The maximum absolute atomic E-state index is 12.0. The third-order valence-corrected chi connectivity index (χ3v) is 5.35. The van der Waals surface area contributed by atoms with Gasteiger partial charge in [-0.25, -0.2) is 4.98 Å². The van der Waals surface area contributed by atoms with Gasteiger partial charge in [-0.1, -0.05) is 30.7 Å². The Kier molecular flexibility index (Phi) is 8.25. The number of imidazole rings is 1. The van der Waals surface area contributed by atoms with E-state index in [0.717, 1.165) is 59.4 Å². The second-order valence-electron chi connectivity index (χ2n) is 7.90. The fourth-order valence-electron chi connectivity index (χ4n) is 3.56. The molecule has 2 aromatic carbocycles. The number of ether oxygens (including phenoxy) is 2. The number of para-hydroxylation sites is 2. The van der Waals surface area contributed by atoms with Crippen molar-refractivity contribution in [3.63, 3.8) is 0 Å². The van der Waals surface area contributed by atoms with Crippen LogP contribution in [0.3, 0.4) is 0 Å². The number of rotatable bonds is 11. The number of fused-ring (bicyclic) bond motifs is 1. The second kappa shape index (κ2) is 11.3. The molecule has 3 aromatic rings. The van der Waals surface area contributed by atoms with Crippen molar-refractivity contribution in [1.29, 1.82) is 0 Å². The van der Waals surface area contributed by atoms with E-state index in [1.165, 1.54) is 7.11 Å². The lowest BCUT2D eigenvalue weighted by Crippen LogP contribution is -2.29. The second-order valence-corrected chi connectivity index (χ2v) is 7.90. The van der Waals surface area contributed by atoms with Gasteiger partial charge in [0.2, 0.25) is 0 Å². The molecule has 0 saturated heterocycles. The van der Waals surface area contributed by atoms with Crippen molar-refractivity contribution in [3.05, 3.63) is 59.4 Å². The van der Waals surface area contributed by atoms with Crippen LogP contribution < -0.4 is 10.1 Å². The molecule has 0 spiro atoms. The molecule has 1 N–H and O–H groups in total. The molecule has 0 bridgehead atoms. The van der Waals surface area contributed by atoms with Gasteiger partial charge >= 0.3 is 5.97 Å². The Morgan fingerprint density at radius 3 is 2.69 bits per heavy atom. The van der Waals surface area contributed by atoms with E-state index in [2.05, 4.69) is 10.3 Å². The molecule has 3 rings (SSSR count). The zero-order valence-corrected chi connectivity index (χ0v) is 19.0. The van der Waals surface area contributed by atoms with Crippen LogP contribution in [0.4, 0.5) is 0 Å². The highest BCUT2D eigenvalue weighted by molar-refractivity contribution is 5.79. The molecular weight excluding hydrogens is 406 g/mol. The number of carbonyl (C=O) groups excluding carboxylic acids is 2. The van der Waals surface area contributed by atoms with E-state index in [1.807, 2.05) is 60.9 Å². The van der Waals surface area contributed by atoms with E-state index in [-0.39, 0.29) is 25.0 Å². The average molecular weight is 438 g/mol. The number of benzene rings is 2. The van der Waals surface area contributed by atoms with Crippen molar-refractivity contribution in [3.8, 4) is 5.75 Å². The highest BCUT2D eigenvalue weighted by Crippen LogP contribution is 2.19. The first kappa shape index (κ1) is 23.3. The van der Waals surface area contributed by atoms with Gasteiger partial charge in [0.25, 0.3) is 5.91 Å². The Balaban J connectivity index is 1.40. The summed E-state index contributed by atoms with van der Waals surface area (Å²) < 4.78 is 12.4. The van der Waals surface area contributed by atoms with Crippen LogP contribution >= 0.6 is 0 Å². The molecule has 170 valence electrons. The summed E-state index contributed by atoms with van der Waals surface area (Å²) in [7, 11) is 1.39. The third kappa shape index (κ3) is 6.33. The SMILES string of the molecule is COC(=O)Cn1c(CCCCCNC(=O)COc2cc(C)ccc2C)nc2ccccc21. The van der Waals surface area contributed by atoms with E-state index in [9.17, 15) is 9.59 Å². The molecule has 0 aliphatic rings. The summed E-state index contributed by atoms with van der Waals surface area (Å²) in [6.45, 7) is 4.74. The zero-order valence-electron chi connectivity index (χ0n) is 19.0. The van der Waals surface area contributed by atoms with Gasteiger partial charge in [-0.3, -0.25) is 9.59 Å². The number of amides is 1. The lowest BCUT2D eigenvalue weighted by Gasteiger charge is -2.10. The Labute approximate surface area is 188 Å². The first-order valence-electron chi connectivity index (χ1n) is 11.0. The van der Waals surface area contributed by atoms with Crippen LogP contribution in [-0.4, -0.2) is 41.7 Å². The van der Waals surface area contributed by atoms with Crippen LogP contribution in [-0.2, 0) is 27.3 Å². The monoisotopic (exact) mass is 437 g/mol. The van der Waals surface area contributed by atoms with Crippen molar-refractivity contribution in [2.45, 2.75) is 46.1 Å². The number of hydrogen-bond donors (Lipinski definition) is 1. The van der Waals surface area contributed by atoms with Crippen molar-refractivity contribution in [2.75, 3.05) is 20.3 Å². The fourth-order valence-corrected chi connectivity index (χ4v) is 3.56. The van der Waals surface area contributed by atoms with Gasteiger partial charge in [-0.15, -0.1) is 0 Å². The predicted molar refractivity (Wildman–Crippen MR) is 124 cm³/mol. The number of nitrogens with zero attached hydrogens (tertiary/aromatic N) is 2. The van der Waals surface area contributed by atoms with E-state index < -0.39 is 0 Å². The molecule has 7 nitrogen and oxygen atoms in total. The zero-order chi connectivity index (χ0) is 22.9. The molecule has 0 atom stereocenters. The minimum absolute atomic E-state index is 0.0157. The number of aryl methyl sites for hydroxylation is 3. The van der Waals surface area contributed by atoms with Crippen molar-refractivity contribution >= 4 is 22.9 Å². The lowest BCUT2D eigenvalue weighted by atomic mass is 10.1. The molecule has 0 saturated carbocycles. The number of unbranched alkanes of at least 4 members (excludes halogenated alkanes) is 2. The predicted octanol–water partition coefficient (Wildman–Crippen LogP) is 3.73. The standard InChI is InChI=1S/C25H31N3O4/c1-18-12-13-19(2)22(15-18)32-17-24(29)26-14-8-4-5-11-23-27-20-9-6-7-10-21(20)28(23)16-25(30)31-3/h6-7,9-10,12-13,15H,4-5,8,11,14,16-17H2,1-3H3,(H,26,29). The topological polar surface area (TPSA) is 82.5 Å². The van der Waals surface area contributed by atoms with Gasteiger partial charge in [0.15, 0.2) is 6.61 Å². The lowest BCUT2D eigenvalue weighted by molar-refractivity contribution is -0.141. The molecule has 32 heavy (non-hydrogen) atoms. The molecule has 1 amide bonds. The number of hydrogen-bond acceptors (Lipinski definition) is 5. The van der Waals surface area contributed by atoms with Crippen molar-refractivity contribution < 1.29 is 19.1 Å². The highest BCUT2D eigenvalue weighted by atomic mass is 16.5. The summed E-state index contributed by atoms with van der Waals surface area (Å²) in [6, 6.07) is 13.7. The molecule has 0 radical (unpaired) electrons. The molecule has 7 heteroatoms. The Hall–Kier alpha value is -3.35. The summed E-state index contributed by atoms with van der Waals surface area (Å²) in [5.74, 6) is 1.21. The van der Waals surface area contributed by atoms with Crippen LogP contribution in [0.25, 0.3) is 11.0 Å². The number of aromatic nitrogens is 2. The van der Waals surface area contributed by atoms with E-state index >= 15 is 0 Å². The number of methoxy groups -OCH3 is 1. The first-order valence-corrected chi connectivity index (χ1v) is 11.0. The molecule has 1 aromatic heterocycles. The quantitative estimate of drug-likeness (QED) is 0.365. The Morgan fingerprint density at radius 2 is 1.88 bits per heavy atom. The largest absolute Gasteiger partial charge is 0.483 e. The molecule has 0 unspecified atom stereocenters. The Bertz CT molecular complexity index is 1070. The maximum Gasteiger partial charge on any atom is 0.325 e. The third-order valence-electron chi connectivity index (χ3n) is 5.35. The molecule has 0 fully saturated rings. The average Bonchev–Trinajstić information content (AvgIpc) is 3.13. The van der Waals surface area contributed by atoms with Gasteiger partial charge in [0, 0.05) is 13.0 Å². The maximum atomic E-state index is 12.0. The number of esters is 1. The van der Waals surface area contributed by atoms with Crippen LogP contribution in [0.15, 0.2) is 42.5 Å². The van der Waals surface area contributed by atoms with Gasteiger partial charge < -0.3 is 19.4 Å². The van der Waals surface area contributed by atoms with Gasteiger partial charge in [-0.2, -0.15) is 0 Å². The minimum atomic E-state index is -0.291. The fraction of sp³-hybridized carbons (Fsp3) is 0.400. The summed E-state index contributed by atoms with van der Waals surface area (Å²) in [6.07, 6.45) is 3.49. The molecule has 0 aliphatic carbocycles. The van der Waals surface area contributed by atoms with Crippen LogP contribution in [0.5, 0.6) is 5.75 Å². The van der Waals surface area contributed by atoms with Crippen molar-refractivity contribution in [1.82, 2.24) is 14.9 Å². The van der Waals surface area contributed by atoms with Gasteiger partial charge in [-0.05, 0) is 56.0 Å². The van der Waals surface area contributed by atoms with Crippen molar-refractivity contribution in [2.24, 2.45) is 0 Å². The number of carbonyl (C=O) groups is 2. The van der Waals surface area contributed by atoms with Gasteiger partial charge in [0.1, 0.15) is 18.1 Å². The molecule has 0 aliphatic heterocycles. The summed E-state index contributed by atoms with van der Waals surface area (Å²) in [5, 5.41) is 2.91. The minimum Gasteiger partial charge on any atom is -0.483 e. The summed E-state index contributed by atoms with van der Waals surface area (Å²) in [4.78, 5) is 28.5. The van der Waals surface area contributed by atoms with E-state index in [1.54, 1.807) is 0 Å². The summed E-state index contributed by atoms with van der Waals surface area (Å²) >= 11 is 0. The summed E-state index contributed by atoms with van der Waals surface area (Å²) in [5.41, 5.74) is 3.93. The van der Waals surface area contributed by atoms with Crippen LogP contribution in [0.1, 0.15) is 36.2 Å². The van der Waals surface area contributed by atoms with E-state index in [0.29, 0.717) is 6.54 Å². The van der Waals surface area contributed by atoms with E-state index in [4.69, 9.17) is 9.47 Å². The Morgan fingerprint density at radius 1 is 1.06 bits per heavy atom. The first-order chi connectivity index (χ1) is 15.5. The molecule has 1 heterocycles.